The van der Waals surface area contributed by atoms with Gasteiger partial charge in [0.15, 0.2) is 0 Å². The first-order valence-electron chi connectivity index (χ1n) is 6.85. The third-order valence-corrected chi connectivity index (χ3v) is 4.91. The summed E-state index contributed by atoms with van der Waals surface area (Å²) in [4.78, 5) is 1.41. The molecule has 2 saturated heterocycles. The summed E-state index contributed by atoms with van der Waals surface area (Å²) in [7, 11) is 0. The topological polar surface area (TPSA) is 30.5 Å². The van der Waals surface area contributed by atoms with E-state index in [0.717, 1.165) is 52.0 Å². The lowest BCUT2D eigenvalue weighted by molar-refractivity contribution is -0.0232. The van der Waals surface area contributed by atoms with E-state index in [1.54, 1.807) is 0 Å². The van der Waals surface area contributed by atoms with Gasteiger partial charge in [0.25, 0.3) is 0 Å². The molecule has 4 heteroatoms. The Bertz CT molecular complexity index is 360. The van der Waals surface area contributed by atoms with Gasteiger partial charge in [0.05, 0.1) is 24.9 Å². The Kier molecular flexibility index (Phi) is 3.99. The van der Waals surface area contributed by atoms with Gasteiger partial charge in [0, 0.05) is 17.7 Å². The van der Waals surface area contributed by atoms with Gasteiger partial charge in [-0.3, -0.25) is 0 Å². The molecule has 2 aliphatic heterocycles. The first-order valence-corrected chi connectivity index (χ1v) is 7.73. The zero-order valence-electron chi connectivity index (χ0n) is 10.7. The maximum Gasteiger partial charge on any atom is 0.0836 e. The van der Waals surface area contributed by atoms with Gasteiger partial charge in [0.2, 0.25) is 0 Å². The van der Waals surface area contributed by atoms with Gasteiger partial charge in [-0.1, -0.05) is 6.07 Å². The van der Waals surface area contributed by atoms with E-state index >= 15 is 0 Å². The summed E-state index contributed by atoms with van der Waals surface area (Å²) in [5.41, 5.74) is 0.124. The molecule has 0 bridgehead atoms. The van der Waals surface area contributed by atoms with Gasteiger partial charge < -0.3 is 14.8 Å². The van der Waals surface area contributed by atoms with Crippen LogP contribution < -0.4 is 5.32 Å². The number of hydrogen-bond acceptors (Lipinski definition) is 4. The molecule has 2 aliphatic rings. The molecule has 0 amide bonds. The Hall–Kier alpha value is -0.420. The highest BCUT2D eigenvalue weighted by Gasteiger charge is 2.41. The van der Waals surface area contributed by atoms with Crippen molar-refractivity contribution in [1.29, 1.82) is 0 Å². The average Bonchev–Trinajstić information content (AvgIpc) is 3.02. The summed E-state index contributed by atoms with van der Waals surface area (Å²) in [5, 5.41) is 5.52. The van der Waals surface area contributed by atoms with E-state index in [0.29, 0.717) is 6.10 Å². The number of ether oxygens (including phenoxy) is 2. The number of piperidine rings is 1. The third-order valence-electron chi connectivity index (χ3n) is 3.97. The molecule has 100 valence electrons. The van der Waals surface area contributed by atoms with E-state index in [2.05, 4.69) is 22.8 Å². The van der Waals surface area contributed by atoms with E-state index in [1.807, 2.05) is 11.3 Å². The minimum Gasteiger partial charge on any atom is -0.375 e. The lowest BCUT2D eigenvalue weighted by Crippen LogP contribution is -2.41. The normalized spacial score (nSPS) is 26.8. The van der Waals surface area contributed by atoms with Crippen LogP contribution in [0.2, 0.25) is 0 Å². The molecule has 1 N–H and O–H groups in total. The van der Waals surface area contributed by atoms with Crippen LogP contribution in [-0.2, 0) is 15.9 Å². The first kappa shape index (κ1) is 12.6. The van der Waals surface area contributed by atoms with E-state index in [9.17, 15) is 0 Å². The molecule has 1 atom stereocenters. The van der Waals surface area contributed by atoms with Crippen molar-refractivity contribution in [2.45, 2.75) is 37.4 Å². The van der Waals surface area contributed by atoms with E-state index < -0.39 is 0 Å². The van der Waals surface area contributed by atoms with Crippen LogP contribution in [0.3, 0.4) is 0 Å². The Labute approximate surface area is 112 Å². The van der Waals surface area contributed by atoms with Crippen LogP contribution in [0.4, 0.5) is 0 Å². The van der Waals surface area contributed by atoms with Crippen molar-refractivity contribution in [3.05, 3.63) is 22.4 Å². The molecule has 18 heavy (non-hydrogen) atoms. The molecule has 1 spiro atoms. The second-order valence-electron chi connectivity index (χ2n) is 5.27. The molecule has 3 heterocycles. The lowest BCUT2D eigenvalue weighted by Gasteiger charge is -2.32. The summed E-state index contributed by atoms with van der Waals surface area (Å²) in [6.45, 7) is 3.77. The number of rotatable bonds is 4. The highest BCUT2D eigenvalue weighted by molar-refractivity contribution is 7.09. The van der Waals surface area contributed by atoms with Gasteiger partial charge in [0.1, 0.15) is 0 Å². The number of hydrogen-bond donors (Lipinski definition) is 1. The van der Waals surface area contributed by atoms with Crippen molar-refractivity contribution in [1.82, 2.24) is 5.32 Å². The molecule has 0 aromatic carbocycles. The van der Waals surface area contributed by atoms with Gasteiger partial charge in [-0.05, 0) is 37.4 Å². The molecule has 1 aromatic heterocycles. The van der Waals surface area contributed by atoms with Crippen LogP contribution in [-0.4, -0.2) is 38.0 Å². The Morgan fingerprint density at radius 3 is 3.11 bits per heavy atom. The smallest absolute Gasteiger partial charge is 0.0836 e. The number of nitrogens with one attached hydrogen (secondary N) is 1. The Balaban J connectivity index is 1.42. The predicted octanol–water partition coefficient (Wildman–Crippen LogP) is 2.22. The van der Waals surface area contributed by atoms with Crippen molar-refractivity contribution >= 4 is 11.3 Å². The molecule has 0 radical (unpaired) electrons. The van der Waals surface area contributed by atoms with Crippen molar-refractivity contribution in [2.24, 2.45) is 0 Å². The fraction of sp³-hybridized carbons (Fsp3) is 0.714. The summed E-state index contributed by atoms with van der Waals surface area (Å²) >= 11 is 1.81. The summed E-state index contributed by atoms with van der Waals surface area (Å²) in [6, 6.07) is 4.27. The second kappa shape index (κ2) is 5.70. The van der Waals surface area contributed by atoms with Crippen molar-refractivity contribution in [3.8, 4) is 0 Å². The summed E-state index contributed by atoms with van der Waals surface area (Å²) in [5.74, 6) is 0. The quantitative estimate of drug-likeness (QED) is 0.907. The van der Waals surface area contributed by atoms with Gasteiger partial charge >= 0.3 is 0 Å². The molecular formula is C14H21NO2S. The maximum atomic E-state index is 6.02. The summed E-state index contributed by atoms with van der Waals surface area (Å²) in [6.07, 6.45) is 4.69. The zero-order valence-corrected chi connectivity index (χ0v) is 11.5. The van der Waals surface area contributed by atoms with Gasteiger partial charge in [-0.25, -0.2) is 0 Å². The molecule has 3 rings (SSSR count). The van der Waals surface area contributed by atoms with E-state index in [4.69, 9.17) is 9.47 Å². The Morgan fingerprint density at radius 2 is 2.33 bits per heavy atom. The molecule has 2 fully saturated rings. The minimum atomic E-state index is 0.124. The predicted molar refractivity (Wildman–Crippen MR) is 73.2 cm³/mol. The van der Waals surface area contributed by atoms with Crippen LogP contribution in [0.5, 0.6) is 0 Å². The molecule has 1 aromatic rings. The zero-order chi connectivity index (χ0) is 12.3. The van der Waals surface area contributed by atoms with E-state index in [1.165, 1.54) is 4.88 Å². The van der Waals surface area contributed by atoms with Crippen LogP contribution in [0, 0.1) is 0 Å². The van der Waals surface area contributed by atoms with Crippen LogP contribution in [0.1, 0.15) is 24.1 Å². The first-order chi connectivity index (χ1) is 8.86. The lowest BCUT2D eigenvalue weighted by atomic mass is 9.89. The fourth-order valence-electron chi connectivity index (χ4n) is 2.92. The van der Waals surface area contributed by atoms with Crippen LogP contribution >= 0.6 is 11.3 Å². The van der Waals surface area contributed by atoms with Gasteiger partial charge in [-0.2, -0.15) is 0 Å². The van der Waals surface area contributed by atoms with Crippen LogP contribution in [0.25, 0.3) is 0 Å². The fourth-order valence-corrected chi connectivity index (χ4v) is 3.61. The largest absolute Gasteiger partial charge is 0.375 e. The molecule has 0 aliphatic carbocycles. The highest BCUT2D eigenvalue weighted by Crippen LogP contribution is 2.35. The average molecular weight is 267 g/mol. The SMILES string of the molecule is c1csc(CCOC2COC3(CCNCC3)C2)c1. The van der Waals surface area contributed by atoms with Crippen molar-refractivity contribution in [3.63, 3.8) is 0 Å². The highest BCUT2D eigenvalue weighted by atomic mass is 32.1. The monoisotopic (exact) mass is 267 g/mol. The van der Waals surface area contributed by atoms with Crippen molar-refractivity contribution < 1.29 is 9.47 Å². The molecule has 3 nitrogen and oxygen atoms in total. The molecule has 0 saturated carbocycles. The van der Waals surface area contributed by atoms with Crippen molar-refractivity contribution in [2.75, 3.05) is 26.3 Å². The second-order valence-corrected chi connectivity index (χ2v) is 6.30. The summed E-state index contributed by atoms with van der Waals surface area (Å²) < 4.78 is 12.0. The molecular weight excluding hydrogens is 246 g/mol. The standard InChI is InChI=1S/C14H21NO2S/c1-2-13(18-9-1)3-8-16-12-10-14(17-11-12)4-6-15-7-5-14/h1-2,9,12,15H,3-8,10-11H2. The number of thiophene rings is 1. The van der Waals surface area contributed by atoms with Gasteiger partial charge in [-0.15, -0.1) is 11.3 Å². The molecule has 1 unspecified atom stereocenters. The van der Waals surface area contributed by atoms with E-state index in [-0.39, 0.29) is 5.60 Å². The minimum absolute atomic E-state index is 0.124. The third kappa shape index (κ3) is 2.94. The van der Waals surface area contributed by atoms with Crippen LogP contribution in [0.15, 0.2) is 17.5 Å². The maximum absolute atomic E-state index is 6.02. The Morgan fingerprint density at radius 1 is 1.44 bits per heavy atom.